The normalized spacial score (nSPS) is 8.92. The van der Waals surface area contributed by atoms with Crippen molar-refractivity contribution >= 4 is 0 Å². The van der Waals surface area contributed by atoms with E-state index in [2.05, 4.69) is 17.6 Å². The van der Waals surface area contributed by atoms with Crippen LogP contribution < -0.4 is 17.0 Å². The molecule has 0 radical (unpaired) electrons. The molecule has 0 N–H and O–H groups in total. The predicted molar refractivity (Wildman–Crippen MR) is 45.1 cm³/mol. The molecule has 0 aliphatic rings. The average molecular weight is 200 g/mol. The highest BCUT2D eigenvalue weighted by Crippen LogP contribution is 1.87. The van der Waals surface area contributed by atoms with Crippen LogP contribution in [0, 0.1) is 11.3 Å². The van der Waals surface area contributed by atoms with Crippen molar-refractivity contribution in [2.24, 2.45) is 0 Å². The third-order valence-corrected chi connectivity index (χ3v) is 1.77. The van der Waals surface area contributed by atoms with E-state index < -0.39 is 0 Å². The summed E-state index contributed by atoms with van der Waals surface area (Å²) in [4.78, 5) is 0. The van der Waals surface area contributed by atoms with Crippen LogP contribution in [0.25, 0.3) is 0 Å². The van der Waals surface area contributed by atoms with Gasteiger partial charge in [-0.3, -0.25) is 0 Å². The van der Waals surface area contributed by atoms with Crippen LogP contribution in [0.2, 0.25) is 0 Å². The van der Waals surface area contributed by atoms with Gasteiger partial charge in [-0.1, -0.05) is 13.3 Å². The fourth-order valence-electron chi connectivity index (χ4n) is 1.09. The third kappa shape index (κ3) is 3.95. The van der Waals surface area contributed by atoms with Crippen molar-refractivity contribution in [3.8, 4) is 6.07 Å². The van der Waals surface area contributed by atoms with E-state index in [-0.39, 0.29) is 12.4 Å². The van der Waals surface area contributed by atoms with E-state index in [1.807, 2.05) is 23.3 Å². The number of imidazole rings is 1. The van der Waals surface area contributed by atoms with Crippen LogP contribution in [0.5, 0.6) is 0 Å². The van der Waals surface area contributed by atoms with E-state index in [0.29, 0.717) is 6.54 Å². The fraction of sp³-hybridized carbons (Fsp3) is 0.556. The molecule has 0 aromatic carbocycles. The minimum atomic E-state index is 0. The number of rotatable bonds is 4. The molecule has 1 rings (SSSR count). The van der Waals surface area contributed by atoms with Gasteiger partial charge in [0.25, 0.3) is 0 Å². The number of nitrogens with zero attached hydrogens (tertiary/aromatic N) is 3. The highest BCUT2D eigenvalue weighted by molar-refractivity contribution is 4.75. The zero-order chi connectivity index (χ0) is 8.81. The molecule has 0 fully saturated rings. The van der Waals surface area contributed by atoms with Crippen LogP contribution in [0.15, 0.2) is 18.7 Å². The lowest BCUT2D eigenvalue weighted by Crippen LogP contribution is -3.00. The van der Waals surface area contributed by atoms with E-state index in [4.69, 9.17) is 5.26 Å². The molecule has 0 unspecified atom stereocenters. The van der Waals surface area contributed by atoms with Crippen molar-refractivity contribution in [2.75, 3.05) is 0 Å². The summed E-state index contributed by atoms with van der Waals surface area (Å²) in [5.41, 5.74) is 0. The second kappa shape index (κ2) is 6.50. The maximum Gasteiger partial charge on any atom is 0.244 e. The molecule has 0 spiro atoms. The first-order valence-corrected chi connectivity index (χ1v) is 4.28. The van der Waals surface area contributed by atoms with Crippen LogP contribution in [0.1, 0.15) is 19.8 Å². The summed E-state index contributed by atoms with van der Waals surface area (Å²) in [5, 5.41) is 8.42. The van der Waals surface area contributed by atoms with Gasteiger partial charge in [0, 0.05) is 0 Å². The van der Waals surface area contributed by atoms with E-state index in [9.17, 15) is 0 Å². The Morgan fingerprint density at radius 3 is 2.92 bits per heavy atom. The average Bonchev–Trinajstić information content (AvgIpc) is 2.50. The molecule has 0 aliphatic carbocycles. The highest BCUT2D eigenvalue weighted by atomic mass is 35.5. The van der Waals surface area contributed by atoms with Gasteiger partial charge in [0.15, 0.2) is 6.54 Å². The molecular formula is C9H14ClN3. The van der Waals surface area contributed by atoms with Crippen molar-refractivity contribution in [1.82, 2.24) is 4.57 Å². The molecule has 1 aromatic heterocycles. The lowest BCUT2D eigenvalue weighted by Gasteiger charge is -1.91. The Labute approximate surface area is 85.0 Å². The number of hydrogen-bond acceptors (Lipinski definition) is 1. The molecule has 1 heterocycles. The number of nitriles is 1. The van der Waals surface area contributed by atoms with Gasteiger partial charge >= 0.3 is 0 Å². The van der Waals surface area contributed by atoms with Crippen LogP contribution >= 0.6 is 0 Å². The van der Waals surface area contributed by atoms with Gasteiger partial charge in [0.05, 0.1) is 6.54 Å². The Kier molecular flexibility index (Phi) is 5.99. The first-order valence-electron chi connectivity index (χ1n) is 4.28. The Hall–Kier alpha value is -1.01. The third-order valence-electron chi connectivity index (χ3n) is 1.77. The summed E-state index contributed by atoms with van der Waals surface area (Å²) in [6.45, 7) is 3.67. The molecule has 0 atom stereocenters. The summed E-state index contributed by atoms with van der Waals surface area (Å²) < 4.78 is 4.00. The van der Waals surface area contributed by atoms with Crippen LogP contribution in [-0.4, -0.2) is 4.57 Å². The smallest absolute Gasteiger partial charge is 0.244 e. The van der Waals surface area contributed by atoms with Crippen LogP contribution in [-0.2, 0) is 13.1 Å². The molecule has 1 aromatic rings. The lowest BCUT2D eigenvalue weighted by atomic mass is 10.3. The van der Waals surface area contributed by atoms with Gasteiger partial charge in [-0.05, 0) is 6.42 Å². The Bertz CT molecular complexity index is 275. The molecule has 3 nitrogen and oxygen atoms in total. The van der Waals surface area contributed by atoms with Crippen molar-refractivity contribution in [1.29, 1.82) is 5.26 Å². The molecule has 0 saturated heterocycles. The van der Waals surface area contributed by atoms with Crippen molar-refractivity contribution < 1.29 is 17.0 Å². The highest BCUT2D eigenvalue weighted by Gasteiger charge is 2.00. The quantitative estimate of drug-likeness (QED) is 0.522. The minimum absolute atomic E-state index is 0. The summed E-state index contributed by atoms with van der Waals surface area (Å²) in [6, 6.07) is 2.10. The van der Waals surface area contributed by atoms with Gasteiger partial charge in [0.1, 0.15) is 18.5 Å². The number of unbranched alkanes of at least 4 members (excludes halogenated alkanes) is 1. The lowest BCUT2D eigenvalue weighted by molar-refractivity contribution is -0.696. The molecule has 0 amide bonds. The Balaban J connectivity index is 0.00000144. The predicted octanol–water partition coefficient (Wildman–Crippen LogP) is -1.90. The summed E-state index contributed by atoms with van der Waals surface area (Å²) in [7, 11) is 0. The summed E-state index contributed by atoms with van der Waals surface area (Å²) in [6.07, 6.45) is 8.31. The Morgan fingerprint density at radius 1 is 1.54 bits per heavy atom. The fourth-order valence-corrected chi connectivity index (χ4v) is 1.09. The molecule has 13 heavy (non-hydrogen) atoms. The molecular weight excluding hydrogens is 186 g/mol. The molecule has 72 valence electrons. The zero-order valence-corrected chi connectivity index (χ0v) is 8.54. The molecule has 0 bridgehead atoms. The van der Waals surface area contributed by atoms with Crippen molar-refractivity contribution in [2.45, 2.75) is 32.9 Å². The monoisotopic (exact) mass is 199 g/mol. The number of aryl methyl sites for hydroxylation is 1. The maximum atomic E-state index is 8.42. The van der Waals surface area contributed by atoms with Crippen LogP contribution in [0.3, 0.4) is 0 Å². The first-order chi connectivity index (χ1) is 5.86. The van der Waals surface area contributed by atoms with E-state index in [0.717, 1.165) is 6.54 Å². The van der Waals surface area contributed by atoms with E-state index in [1.165, 1.54) is 12.8 Å². The topological polar surface area (TPSA) is 32.6 Å². The zero-order valence-electron chi connectivity index (χ0n) is 7.78. The minimum Gasteiger partial charge on any atom is -1.00 e. The standard InChI is InChI=1S/C9H14N3.ClH/c1-2-3-5-11-7-8-12(9-11)6-4-10;/h7-9H,2-3,5-6H2,1H3;1H/q+1;/p-1. The number of aromatic nitrogens is 2. The van der Waals surface area contributed by atoms with Crippen molar-refractivity contribution in [3.05, 3.63) is 18.7 Å². The molecule has 0 aliphatic heterocycles. The van der Waals surface area contributed by atoms with Crippen LogP contribution in [0.4, 0.5) is 0 Å². The van der Waals surface area contributed by atoms with Gasteiger partial charge in [0.2, 0.25) is 6.33 Å². The van der Waals surface area contributed by atoms with E-state index in [1.54, 1.807) is 0 Å². The maximum absolute atomic E-state index is 8.42. The largest absolute Gasteiger partial charge is 1.00 e. The SMILES string of the molecule is CCCC[n+]1ccn(CC#N)c1.[Cl-]. The second-order valence-corrected chi connectivity index (χ2v) is 2.84. The number of hydrogen-bond donors (Lipinski definition) is 0. The molecule has 0 saturated carbocycles. The second-order valence-electron chi connectivity index (χ2n) is 2.84. The van der Waals surface area contributed by atoms with Crippen molar-refractivity contribution in [3.63, 3.8) is 0 Å². The van der Waals surface area contributed by atoms with Gasteiger partial charge in [-0.15, -0.1) is 0 Å². The summed E-state index contributed by atoms with van der Waals surface area (Å²) in [5.74, 6) is 0. The van der Waals surface area contributed by atoms with Gasteiger partial charge < -0.3 is 12.4 Å². The first kappa shape index (κ1) is 12.0. The van der Waals surface area contributed by atoms with Gasteiger partial charge in [-0.25, -0.2) is 9.13 Å². The van der Waals surface area contributed by atoms with Gasteiger partial charge in [-0.2, -0.15) is 5.26 Å². The Morgan fingerprint density at radius 2 is 2.31 bits per heavy atom. The summed E-state index contributed by atoms with van der Waals surface area (Å²) >= 11 is 0. The van der Waals surface area contributed by atoms with E-state index >= 15 is 0 Å². The molecule has 4 heteroatoms. The number of halogens is 1.